The number of hydrogen-bond donors (Lipinski definition) is 1. The van der Waals surface area contributed by atoms with Crippen LogP contribution in [-0.2, 0) is 4.79 Å². The number of aromatic nitrogens is 4. The third-order valence-corrected chi connectivity index (χ3v) is 5.56. The maximum Gasteiger partial charge on any atom is 0.260 e. The standard InChI is InChI=1S/C25H25N5O7/c1-15(37-17-5-7-19-21(13-17)36-14-35-19)25(31)26-10-11-34-23-9-8-22-27-28-24(30(22)29-23)16-4-6-18(32-2)20(12-16)33-3/h4-9,12-13,15H,10-11,14H2,1-3H3,(H,26,31). The summed E-state index contributed by atoms with van der Waals surface area (Å²) in [7, 11) is 3.14. The largest absolute Gasteiger partial charge is 0.493 e. The van der Waals surface area contributed by atoms with Gasteiger partial charge in [0, 0.05) is 17.7 Å². The monoisotopic (exact) mass is 507 g/mol. The fourth-order valence-corrected chi connectivity index (χ4v) is 3.69. The maximum atomic E-state index is 12.4. The van der Waals surface area contributed by atoms with Crippen LogP contribution in [0.25, 0.3) is 17.0 Å². The van der Waals surface area contributed by atoms with E-state index in [1.807, 2.05) is 6.07 Å². The van der Waals surface area contributed by atoms with E-state index in [0.717, 1.165) is 5.56 Å². The molecule has 1 aliphatic heterocycles. The summed E-state index contributed by atoms with van der Waals surface area (Å²) in [6, 6.07) is 14.0. The van der Waals surface area contributed by atoms with Crippen LogP contribution in [0.5, 0.6) is 34.6 Å². The lowest BCUT2D eigenvalue weighted by molar-refractivity contribution is -0.127. The maximum absolute atomic E-state index is 12.4. The first-order chi connectivity index (χ1) is 18.1. The molecule has 0 bridgehead atoms. The minimum atomic E-state index is -0.712. The van der Waals surface area contributed by atoms with Gasteiger partial charge in [0.25, 0.3) is 5.91 Å². The Balaban J connectivity index is 1.17. The zero-order valence-corrected chi connectivity index (χ0v) is 20.5. The molecule has 37 heavy (non-hydrogen) atoms. The van der Waals surface area contributed by atoms with Gasteiger partial charge in [-0.3, -0.25) is 4.79 Å². The molecule has 4 aromatic rings. The Morgan fingerprint density at radius 2 is 1.86 bits per heavy atom. The normalized spacial score (nSPS) is 12.7. The lowest BCUT2D eigenvalue weighted by Crippen LogP contribution is -2.38. The molecular weight excluding hydrogens is 482 g/mol. The van der Waals surface area contributed by atoms with Crippen LogP contribution in [0.15, 0.2) is 48.5 Å². The molecule has 1 atom stereocenters. The SMILES string of the molecule is COc1ccc(-c2nnc3ccc(OCCNC(=O)C(C)Oc4ccc5c(c4)OCO5)nn23)cc1OC. The predicted molar refractivity (Wildman–Crippen MR) is 130 cm³/mol. The molecule has 0 spiro atoms. The Morgan fingerprint density at radius 1 is 1.03 bits per heavy atom. The van der Waals surface area contributed by atoms with Crippen molar-refractivity contribution in [3.63, 3.8) is 0 Å². The summed E-state index contributed by atoms with van der Waals surface area (Å²) >= 11 is 0. The summed E-state index contributed by atoms with van der Waals surface area (Å²) in [4.78, 5) is 12.4. The molecule has 1 amide bonds. The molecule has 5 rings (SSSR count). The Kier molecular flexibility index (Phi) is 6.79. The van der Waals surface area contributed by atoms with Crippen LogP contribution < -0.4 is 33.7 Å². The number of ether oxygens (including phenoxy) is 6. The predicted octanol–water partition coefficient (Wildman–Crippen LogP) is 2.50. The molecule has 1 aliphatic rings. The van der Waals surface area contributed by atoms with Gasteiger partial charge in [0.2, 0.25) is 12.7 Å². The summed E-state index contributed by atoms with van der Waals surface area (Å²) in [5.74, 6) is 3.52. The summed E-state index contributed by atoms with van der Waals surface area (Å²) in [6.45, 7) is 2.30. The van der Waals surface area contributed by atoms with Crippen LogP contribution in [0.4, 0.5) is 0 Å². The molecule has 0 saturated carbocycles. The quantitative estimate of drug-likeness (QED) is 0.320. The average molecular weight is 508 g/mol. The van der Waals surface area contributed by atoms with Gasteiger partial charge < -0.3 is 33.7 Å². The number of fused-ring (bicyclic) bond motifs is 2. The first-order valence-corrected chi connectivity index (χ1v) is 11.5. The third-order valence-electron chi connectivity index (χ3n) is 5.56. The number of benzene rings is 2. The van der Waals surface area contributed by atoms with Gasteiger partial charge in [-0.25, -0.2) is 0 Å². The summed E-state index contributed by atoms with van der Waals surface area (Å²) in [5, 5.41) is 15.7. The number of carbonyl (C=O) groups excluding carboxylic acids is 1. The lowest BCUT2D eigenvalue weighted by Gasteiger charge is -2.15. The van der Waals surface area contributed by atoms with Gasteiger partial charge in [0.15, 0.2) is 40.6 Å². The van der Waals surface area contributed by atoms with Crippen molar-refractivity contribution < 1.29 is 33.2 Å². The number of nitrogens with zero attached hydrogens (tertiary/aromatic N) is 4. The van der Waals surface area contributed by atoms with Gasteiger partial charge in [-0.2, -0.15) is 4.52 Å². The third kappa shape index (κ3) is 5.13. The van der Waals surface area contributed by atoms with E-state index in [2.05, 4.69) is 20.6 Å². The van der Waals surface area contributed by atoms with Crippen LogP contribution >= 0.6 is 0 Å². The minimum absolute atomic E-state index is 0.172. The first-order valence-electron chi connectivity index (χ1n) is 11.5. The van der Waals surface area contributed by atoms with E-state index >= 15 is 0 Å². The smallest absolute Gasteiger partial charge is 0.260 e. The zero-order valence-electron chi connectivity index (χ0n) is 20.5. The molecule has 192 valence electrons. The second-order valence-electron chi connectivity index (χ2n) is 7.95. The molecule has 12 nitrogen and oxygen atoms in total. The van der Waals surface area contributed by atoms with Gasteiger partial charge >= 0.3 is 0 Å². The van der Waals surface area contributed by atoms with Crippen molar-refractivity contribution >= 4 is 11.6 Å². The molecule has 2 aromatic carbocycles. The Labute approximate surface area is 212 Å². The summed E-state index contributed by atoms with van der Waals surface area (Å²) in [6.07, 6.45) is -0.712. The number of nitrogens with one attached hydrogen (secondary N) is 1. The summed E-state index contributed by atoms with van der Waals surface area (Å²) < 4.78 is 34.3. The van der Waals surface area contributed by atoms with E-state index in [9.17, 15) is 4.79 Å². The van der Waals surface area contributed by atoms with Crippen LogP contribution in [0.2, 0.25) is 0 Å². The average Bonchev–Trinajstić information content (AvgIpc) is 3.57. The van der Waals surface area contributed by atoms with E-state index < -0.39 is 6.10 Å². The van der Waals surface area contributed by atoms with Crippen LogP contribution in [0.3, 0.4) is 0 Å². The number of rotatable bonds is 10. The molecule has 0 fully saturated rings. The molecule has 3 heterocycles. The second-order valence-corrected chi connectivity index (χ2v) is 7.95. The molecule has 0 radical (unpaired) electrons. The highest BCUT2D eigenvalue weighted by atomic mass is 16.7. The second kappa shape index (κ2) is 10.5. The van der Waals surface area contributed by atoms with E-state index in [1.165, 1.54) is 0 Å². The Bertz CT molecular complexity index is 1420. The summed E-state index contributed by atoms with van der Waals surface area (Å²) in [5.41, 5.74) is 1.30. The van der Waals surface area contributed by atoms with Crippen molar-refractivity contribution in [2.75, 3.05) is 34.2 Å². The molecule has 1 unspecified atom stereocenters. The van der Waals surface area contributed by atoms with E-state index in [0.29, 0.717) is 46.1 Å². The minimum Gasteiger partial charge on any atom is -0.493 e. The van der Waals surface area contributed by atoms with Crippen molar-refractivity contribution in [2.24, 2.45) is 0 Å². The van der Waals surface area contributed by atoms with Crippen molar-refractivity contribution in [3.8, 4) is 46.0 Å². The van der Waals surface area contributed by atoms with Crippen molar-refractivity contribution in [3.05, 3.63) is 48.5 Å². The number of methoxy groups -OCH3 is 2. The Morgan fingerprint density at radius 3 is 2.70 bits per heavy atom. The van der Waals surface area contributed by atoms with Crippen LogP contribution in [0.1, 0.15) is 6.92 Å². The number of hydrogen-bond acceptors (Lipinski definition) is 10. The van der Waals surface area contributed by atoms with Crippen molar-refractivity contribution in [1.82, 2.24) is 25.1 Å². The first kappa shape index (κ1) is 24.0. The van der Waals surface area contributed by atoms with Crippen LogP contribution in [-0.4, -0.2) is 66.0 Å². The van der Waals surface area contributed by atoms with Gasteiger partial charge in [-0.05, 0) is 43.3 Å². The molecule has 0 aliphatic carbocycles. The van der Waals surface area contributed by atoms with Crippen LogP contribution in [0, 0.1) is 0 Å². The highest BCUT2D eigenvalue weighted by Gasteiger charge is 2.18. The molecule has 12 heteroatoms. The molecule has 0 saturated heterocycles. The van der Waals surface area contributed by atoms with E-state index in [4.69, 9.17) is 28.4 Å². The van der Waals surface area contributed by atoms with Gasteiger partial charge in [0.05, 0.1) is 20.8 Å². The number of amides is 1. The highest BCUT2D eigenvalue weighted by molar-refractivity contribution is 5.80. The molecular formula is C25H25N5O7. The van der Waals surface area contributed by atoms with Gasteiger partial charge in [-0.1, -0.05) is 0 Å². The molecule has 2 aromatic heterocycles. The highest BCUT2D eigenvalue weighted by Crippen LogP contribution is 2.35. The van der Waals surface area contributed by atoms with Crippen molar-refractivity contribution in [2.45, 2.75) is 13.0 Å². The van der Waals surface area contributed by atoms with E-state index in [-0.39, 0.29) is 25.9 Å². The lowest BCUT2D eigenvalue weighted by atomic mass is 10.2. The fraction of sp³-hybridized carbons (Fsp3) is 0.280. The van der Waals surface area contributed by atoms with E-state index in [1.54, 1.807) is 68.1 Å². The number of carbonyl (C=O) groups is 1. The van der Waals surface area contributed by atoms with Gasteiger partial charge in [0.1, 0.15) is 12.4 Å². The van der Waals surface area contributed by atoms with Gasteiger partial charge in [-0.15, -0.1) is 15.3 Å². The topological polar surface area (TPSA) is 128 Å². The van der Waals surface area contributed by atoms with Crippen molar-refractivity contribution in [1.29, 1.82) is 0 Å². The zero-order chi connectivity index (χ0) is 25.8. The fourth-order valence-electron chi connectivity index (χ4n) is 3.69. The Hall–Kier alpha value is -4.74. The molecule has 1 N–H and O–H groups in total.